The van der Waals surface area contributed by atoms with Crippen molar-refractivity contribution in [3.63, 3.8) is 0 Å². The van der Waals surface area contributed by atoms with Gasteiger partial charge in [-0.15, -0.1) is 0 Å². The lowest BCUT2D eigenvalue weighted by Gasteiger charge is -2.23. The van der Waals surface area contributed by atoms with Crippen LogP contribution < -0.4 is 10.5 Å². The summed E-state index contributed by atoms with van der Waals surface area (Å²) in [7, 11) is 0.761. The lowest BCUT2D eigenvalue weighted by molar-refractivity contribution is 0.254. The first-order valence-electron chi connectivity index (χ1n) is 6.71. The van der Waals surface area contributed by atoms with E-state index < -0.39 is 9.84 Å². The molecule has 20 heavy (non-hydrogen) atoms. The average Bonchev–Trinajstić information content (AvgIpc) is 2.79. The van der Waals surface area contributed by atoms with Crippen LogP contribution in [0.25, 0.3) is 0 Å². The molecule has 2 N–H and O–H groups in total. The summed E-state index contributed by atoms with van der Waals surface area (Å²) in [5, 5.41) is 0. The summed E-state index contributed by atoms with van der Waals surface area (Å²) in [6, 6.07) is 6.05. The average molecular weight is 298 g/mol. The molecule has 0 radical (unpaired) electrons. The third-order valence-electron chi connectivity index (χ3n) is 3.83. The smallest absolute Gasteiger partial charge is 0.151 e. The monoisotopic (exact) mass is 298 g/mol. The molecule has 0 aromatic heterocycles. The molecule has 1 aliphatic heterocycles. The second-order valence-corrected chi connectivity index (χ2v) is 7.55. The second kappa shape index (κ2) is 6.11. The van der Waals surface area contributed by atoms with Gasteiger partial charge in [-0.05, 0) is 31.2 Å². The van der Waals surface area contributed by atoms with Gasteiger partial charge in [0.1, 0.15) is 5.75 Å². The highest BCUT2D eigenvalue weighted by Crippen LogP contribution is 2.22. The summed E-state index contributed by atoms with van der Waals surface area (Å²) in [6.07, 6.45) is 0.721. The van der Waals surface area contributed by atoms with Gasteiger partial charge < -0.3 is 10.5 Å². The molecular formula is C14H22N2O3S. The first kappa shape index (κ1) is 15.3. The quantitative estimate of drug-likeness (QED) is 0.869. The predicted octanol–water partition coefficient (Wildman–Crippen LogP) is 0.773. The molecule has 1 aromatic rings. The van der Waals surface area contributed by atoms with Crippen LogP contribution in [0.4, 0.5) is 0 Å². The highest BCUT2D eigenvalue weighted by molar-refractivity contribution is 7.91. The Kier molecular flexibility index (Phi) is 4.67. The van der Waals surface area contributed by atoms with E-state index in [4.69, 9.17) is 10.5 Å². The van der Waals surface area contributed by atoms with Crippen LogP contribution in [0.15, 0.2) is 18.2 Å². The summed E-state index contributed by atoms with van der Waals surface area (Å²) in [5.74, 6) is 1.37. The van der Waals surface area contributed by atoms with Crippen molar-refractivity contribution < 1.29 is 13.2 Å². The summed E-state index contributed by atoms with van der Waals surface area (Å²) in [5.41, 5.74) is 7.80. The Bertz CT molecular complexity index is 572. The van der Waals surface area contributed by atoms with Crippen LogP contribution in [-0.4, -0.2) is 45.0 Å². The fourth-order valence-corrected chi connectivity index (χ4v) is 4.44. The summed E-state index contributed by atoms with van der Waals surface area (Å²) in [6.45, 7) is 1.15. The SMILES string of the molecule is COc1ccc(CN(C)C2CCS(=O)(=O)C2)cc1CN. The van der Waals surface area contributed by atoms with E-state index in [2.05, 4.69) is 4.90 Å². The van der Waals surface area contributed by atoms with Crippen LogP contribution >= 0.6 is 0 Å². The first-order chi connectivity index (χ1) is 9.45. The van der Waals surface area contributed by atoms with E-state index in [0.29, 0.717) is 12.3 Å². The largest absolute Gasteiger partial charge is 0.496 e. The Hall–Kier alpha value is -1.11. The molecule has 1 heterocycles. The molecule has 0 saturated carbocycles. The number of hydrogen-bond acceptors (Lipinski definition) is 5. The fourth-order valence-electron chi connectivity index (χ4n) is 2.63. The summed E-state index contributed by atoms with van der Waals surface area (Å²) < 4.78 is 28.3. The van der Waals surface area contributed by atoms with E-state index in [1.807, 2.05) is 25.2 Å². The van der Waals surface area contributed by atoms with Gasteiger partial charge in [0, 0.05) is 24.7 Å². The van der Waals surface area contributed by atoms with Crippen molar-refractivity contribution in [2.45, 2.75) is 25.6 Å². The van der Waals surface area contributed by atoms with Crippen molar-refractivity contribution in [2.75, 3.05) is 25.7 Å². The van der Waals surface area contributed by atoms with Crippen LogP contribution in [0.5, 0.6) is 5.75 Å². The van der Waals surface area contributed by atoms with Crippen LogP contribution in [0, 0.1) is 0 Å². The molecule has 112 valence electrons. The summed E-state index contributed by atoms with van der Waals surface area (Å²) in [4.78, 5) is 2.10. The zero-order valence-corrected chi connectivity index (χ0v) is 12.8. The number of sulfone groups is 1. The van der Waals surface area contributed by atoms with Gasteiger partial charge >= 0.3 is 0 Å². The molecule has 0 bridgehead atoms. The van der Waals surface area contributed by atoms with Gasteiger partial charge in [0.15, 0.2) is 9.84 Å². The number of nitrogens with zero attached hydrogens (tertiary/aromatic N) is 1. The van der Waals surface area contributed by atoms with E-state index in [-0.39, 0.29) is 11.8 Å². The molecule has 0 spiro atoms. The van der Waals surface area contributed by atoms with Gasteiger partial charge in [0.2, 0.25) is 0 Å². The standard InChI is InChI=1S/C14H22N2O3S/c1-16(13-5-6-20(17,18)10-13)9-11-3-4-14(19-2)12(7-11)8-15/h3-4,7,13H,5-6,8-10,15H2,1-2H3. The highest BCUT2D eigenvalue weighted by atomic mass is 32.2. The Morgan fingerprint density at radius 2 is 2.20 bits per heavy atom. The molecular weight excluding hydrogens is 276 g/mol. The molecule has 1 unspecified atom stereocenters. The topological polar surface area (TPSA) is 72.6 Å². The minimum atomic E-state index is -2.84. The van der Waals surface area contributed by atoms with Gasteiger partial charge in [0.25, 0.3) is 0 Å². The van der Waals surface area contributed by atoms with E-state index in [0.717, 1.165) is 29.8 Å². The van der Waals surface area contributed by atoms with Crippen molar-refractivity contribution >= 4 is 9.84 Å². The third kappa shape index (κ3) is 3.50. The molecule has 1 aromatic carbocycles. The predicted molar refractivity (Wildman–Crippen MR) is 79.4 cm³/mol. The molecule has 1 fully saturated rings. The Labute approximate surface area is 120 Å². The van der Waals surface area contributed by atoms with Crippen LogP contribution in [0.2, 0.25) is 0 Å². The van der Waals surface area contributed by atoms with Crippen LogP contribution in [-0.2, 0) is 22.9 Å². The van der Waals surface area contributed by atoms with Crippen molar-refractivity contribution in [3.05, 3.63) is 29.3 Å². The molecule has 0 aliphatic carbocycles. The van der Waals surface area contributed by atoms with Crippen molar-refractivity contribution in [1.29, 1.82) is 0 Å². The van der Waals surface area contributed by atoms with Crippen molar-refractivity contribution in [2.24, 2.45) is 5.73 Å². The molecule has 1 saturated heterocycles. The minimum Gasteiger partial charge on any atom is -0.496 e. The van der Waals surface area contributed by atoms with Gasteiger partial charge in [-0.25, -0.2) is 8.42 Å². The zero-order chi connectivity index (χ0) is 14.8. The highest BCUT2D eigenvalue weighted by Gasteiger charge is 2.30. The normalized spacial score (nSPS) is 21.3. The lowest BCUT2D eigenvalue weighted by Crippen LogP contribution is -2.32. The molecule has 0 amide bonds. The maximum Gasteiger partial charge on any atom is 0.151 e. The second-order valence-electron chi connectivity index (χ2n) is 5.32. The van der Waals surface area contributed by atoms with Gasteiger partial charge in [0.05, 0.1) is 18.6 Å². The molecule has 1 atom stereocenters. The first-order valence-corrected chi connectivity index (χ1v) is 8.54. The maximum absolute atomic E-state index is 11.5. The fraction of sp³-hybridized carbons (Fsp3) is 0.571. The van der Waals surface area contributed by atoms with E-state index >= 15 is 0 Å². The Morgan fingerprint density at radius 1 is 1.45 bits per heavy atom. The number of hydrogen-bond donors (Lipinski definition) is 1. The number of benzene rings is 1. The number of nitrogens with two attached hydrogens (primary N) is 1. The third-order valence-corrected chi connectivity index (χ3v) is 5.58. The number of rotatable bonds is 5. The molecule has 1 aliphatic rings. The van der Waals surface area contributed by atoms with Gasteiger partial charge in [-0.1, -0.05) is 6.07 Å². The molecule has 2 rings (SSSR count). The Morgan fingerprint density at radius 3 is 2.75 bits per heavy atom. The number of ether oxygens (including phenoxy) is 1. The van der Waals surface area contributed by atoms with Gasteiger partial charge in [-0.3, -0.25) is 4.90 Å². The zero-order valence-electron chi connectivity index (χ0n) is 12.0. The van der Waals surface area contributed by atoms with Crippen molar-refractivity contribution in [1.82, 2.24) is 4.90 Å². The molecule has 5 nitrogen and oxygen atoms in total. The van der Waals surface area contributed by atoms with Crippen molar-refractivity contribution in [3.8, 4) is 5.75 Å². The van der Waals surface area contributed by atoms with Crippen LogP contribution in [0.3, 0.4) is 0 Å². The Balaban J connectivity index is 2.06. The number of methoxy groups -OCH3 is 1. The van der Waals surface area contributed by atoms with E-state index in [9.17, 15) is 8.42 Å². The summed E-state index contributed by atoms with van der Waals surface area (Å²) >= 11 is 0. The van der Waals surface area contributed by atoms with E-state index in [1.54, 1.807) is 7.11 Å². The lowest BCUT2D eigenvalue weighted by atomic mass is 10.1. The maximum atomic E-state index is 11.5. The van der Waals surface area contributed by atoms with Gasteiger partial charge in [-0.2, -0.15) is 0 Å². The minimum absolute atomic E-state index is 0.114. The van der Waals surface area contributed by atoms with E-state index in [1.165, 1.54) is 0 Å². The van der Waals surface area contributed by atoms with Crippen LogP contribution in [0.1, 0.15) is 17.5 Å². The molecule has 6 heteroatoms.